The van der Waals surface area contributed by atoms with E-state index in [4.69, 9.17) is 0 Å². The van der Waals surface area contributed by atoms with E-state index in [-0.39, 0.29) is 0 Å². The van der Waals surface area contributed by atoms with E-state index in [0.717, 1.165) is 12.3 Å². The second kappa shape index (κ2) is 2.85. The van der Waals surface area contributed by atoms with Gasteiger partial charge in [-0.15, -0.1) is 0 Å². The van der Waals surface area contributed by atoms with Gasteiger partial charge in [0.2, 0.25) is 0 Å². The van der Waals surface area contributed by atoms with E-state index < -0.39 is 0 Å². The van der Waals surface area contributed by atoms with Gasteiger partial charge >= 0.3 is 0 Å². The molecule has 1 atom stereocenters. The van der Waals surface area contributed by atoms with Crippen molar-refractivity contribution in [2.24, 2.45) is 9.98 Å². The maximum Gasteiger partial charge on any atom is 0.121 e. The molecule has 2 rings (SSSR count). The van der Waals surface area contributed by atoms with Gasteiger partial charge in [0.25, 0.3) is 0 Å². The van der Waals surface area contributed by atoms with Crippen LogP contribution in [0.5, 0.6) is 0 Å². The molecular formula is C10H14N2. The highest BCUT2D eigenvalue weighted by atomic mass is 15.0. The molecule has 0 amide bonds. The Bertz CT molecular complexity index is 284. The third kappa shape index (κ3) is 1.22. The van der Waals surface area contributed by atoms with Crippen molar-refractivity contribution in [1.29, 1.82) is 0 Å². The van der Waals surface area contributed by atoms with Crippen LogP contribution >= 0.6 is 0 Å². The van der Waals surface area contributed by atoms with Crippen molar-refractivity contribution in [3.8, 4) is 0 Å². The van der Waals surface area contributed by atoms with Crippen LogP contribution in [-0.2, 0) is 0 Å². The van der Waals surface area contributed by atoms with Crippen molar-refractivity contribution < 1.29 is 0 Å². The first-order valence-corrected chi connectivity index (χ1v) is 4.60. The highest BCUT2D eigenvalue weighted by Crippen LogP contribution is 2.23. The molecule has 0 aromatic heterocycles. The molecule has 2 heteroatoms. The van der Waals surface area contributed by atoms with Crippen LogP contribution in [0.25, 0.3) is 0 Å². The average molecular weight is 162 g/mol. The van der Waals surface area contributed by atoms with Gasteiger partial charge in [-0.2, -0.15) is 0 Å². The van der Waals surface area contributed by atoms with Crippen LogP contribution in [0.1, 0.15) is 33.1 Å². The smallest absolute Gasteiger partial charge is 0.121 e. The van der Waals surface area contributed by atoms with E-state index >= 15 is 0 Å². The van der Waals surface area contributed by atoms with E-state index in [9.17, 15) is 0 Å². The molecule has 0 N–H and O–H groups in total. The number of nitrogens with zero attached hydrogens (tertiary/aromatic N) is 2. The lowest BCUT2D eigenvalue weighted by Gasteiger charge is -2.22. The molecule has 0 aromatic carbocycles. The monoisotopic (exact) mass is 162 g/mol. The fourth-order valence-electron chi connectivity index (χ4n) is 1.90. The molecule has 1 aliphatic heterocycles. The second-order valence-corrected chi connectivity index (χ2v) is 3.46. The van der Waals surface area contributed by atoms with Crippen molar-refractivity contribution in [3.63, 3.8) is 0 Å². The summed E-state index contributed by atoms with van der Waals surface area (Å²) in [7, 11) is 0. The first-order valence-electron chi connectivity index (χ1n) is 4.60. The van der Waals surface area contributed by atoms with Crippen LogP contribution in [0.15, 0.2) is 21.6 Å². The zero-order valence-electron chi connectivity index (χ0n) is 7.67. The van der Waals surface area contributed by atoms with Crippen LogP contribution < -0.4 is 0 Å². The maximum absolute atomic E-state index is 4.45. The first kappa shape index (κ1) is 7.71. The van der Waals surface area contributed by atoms with E-state index in [1.165, 1.54) is 24.1 Å². The van der Waals surface area contributed by atoms with Gasteiger partial charge in [-0.1, -0.05) is 6.08 Å². The van der Waals surface area contributed by atoms with Crippen molar-refractivity contribution >= 4 is 11.5 Å². The summed E-state index contributed by atoms with van der Waals surface area (Å²) in [6.07, 6.45) is 5.89. The predicted molar refractivity (Wildman–Crippen MR) is 51.9 cm³/mol. The lowest BCUT2D eigenvalue weighted by molar-refractivity contribution is 0.800. The maximum atomic E-state index is 4.45. The molecule has 0 saturated carbocycles. The molecule has 12 heavy (non-hydrogen) atoms. The normalized spacial score (nSPS) is 28.5. The summed E-state index contributed by atoms with van der Waals surface area (Å²) >= 11 is 0. The Morgan fingerprint density at radius 3 is 3.17 bits per heavy atom. The summed E-state index contributed by atoms with van der Waals surface area (Å²) in [4.78, 5) is 8.88. The molecule has 0 aromatic rings. The van der Waals surface area contributed by atoms with Crippen molar-refractivity contribution in [2.75, 3.05) is 0 Å². The molecule has 0 spiro atoms. The number of hydrogen-bond acceptors (Lipinski definition) is 2. The Balaban J connectivity index is 2.38. The highest BCUT2D eigenvalue weighted by molar-refractivity contribution is 6.10. The zero-order chi connectivity index (χ0) is 8.55. The van der Waals surface area contributed by atoms with Gasteiger partial charge in [0.05, 0.1) is 6.04 Å². The number of fused-ring (bicyclic) bond motifs is 1. The summed E-state index contributed by atoms with van der Waals surface area (Å²) in [6.45, 7) is 4.13. The summed E-state index contributed by atoms with van der Waals surface area (Å²) in [5.74, 6) is 0.941. The minimum atomic E-state index is 0.345. The number of rotatable bonds is 0. The second-order valence-electron chi connectivity index (χ2n) is 3.46. The number of aliphatic imine (C=N–C) groups is 2. The predicted octanol–water partition coefficient (Wildman–Crippen LogP) is 2.36. The molecule has 1 aliphatic carbocycles. The van der Waals surface area contributed by atoms with Crippen LogP contribution in [0, 0.1) is 0 Å². The number of allylic oxidation sites excluding steroid dienone is 1. The van der Waals surface area contributed by atoms with Gasteiger partial charge < -0.3 is 0 Å². The minimum absolute atomic E-state index is 0.345. The van der Waals surface area contributed by atoms with E-state index in [1.54, 1.807) is 0 Å². The van der Waals surface area contributed by atoms with Gasteiger partial charge in [-0.25, -0.2) is 4.99 Å². The molecule has 0 fully saturated rings. The first-order chi connectivity index (χ1) is 5.77. The van der Waals surface area contributed by atoms with Gasteiger partial charge in [-0.3, -0.25) is 4.99 Å². The van der Waals surface area contributed by atoms with E-state index in [1.807, 2.05) is 6.92 Å². The molecule has 0 bridgehead atoms. The molecule has 1 heterocycles. The standard InChI is InChI=1S/C10H14N2/c1-7-9-5-3-4-6-10(9)12-8(2)11-7/h5,7H,3-4,6H2,1-2H3. The molecule has 1 unspecified atom stereocenters. The fraction of sp³-hybridized carbons (Fsp3) is 0.600. The van der Waals surface area contributed by atoms with Crippen LogP contribution in [0.4, 0.5) is 0 Å². The average Bonchev–Trinajstić information content (AvgIpc) is 2.04. The largest absolute Gasteiger partial charge is 0.263 e. The Kier molecular flexibility index (Phi) is 1.83. The van der Waals surface area contributed by atoms with Crippen LogP contribution in [-0.4, -0.2) is 17.6 Å². The molecule has 2 nitrogen and oxygen atoms in total. The topological polar surface area (TPSA) is 24.7 Å². The minimum Gasteiger partial charge on any atom is -0.263 e. The summed E-state index contributed by atoms with van der Waals surface area (Å²) in [6, 6.07) is 0.345. The number of amidine groups is 1. The van der Waals surface area contributed by atoms with Crippen LogP contribution in [0.3, 0.4) is 0 Å². The van der Waals surface area contributed by atoms with E-state index in [0.29, 0.717) is 6.04 Å². The van der Waals surface area contributed by atoms with Gasteiger partial charge in [0, 0.05) is 5.71 Å². The lowest BCUT2D eigenvalue weighted by Crippen LogP contribution is -2.22. The number of hydrogen-bond donors (Lipinski definition) is 0. The Morgan fingerprint density at radius 1 is 1.50 bits per heavy atom. The van der Waals surface area contributed by atoms with Crippen molar-refractivity contribution in [2.45, 2.75) is 39.2 Å². The molecule has 0 radical (unpaired) electrons. The third-order valence-corrected chi connectivity index (χ3v) is 2.44. The van der Waals surface area contributed by atoms with Gasteiger partial charge in [0.1, 0.15) is 5.84 Å². The van der Waals surface area contributed by atoms with Gasteiger partial charge in [-0.05, 0) is 38.7 Å². The summed E-state index contributed by atoms with van der Waals surface area (Å²) < 4.78 is 0. The highest BCUT2D eigenvalue weighted by Gasteiger charge is 2.20. The van der Waals surface area contributed by atoms with Crippen molar-refractivity contribution in [3.05, 3.63) is 11.6 Å². The molecule has 2 aliphatic rings. The van der Waals surface area contributed by atoms with E-state index in [2.05, 4.69) is 23.0 Å². The molecular weight excluding hydrogens is 148 g/mol. The third-order valence-electron chi connectivity index (χ3n) is 2.44. The SMILES string of the molecule is CC1=NC(C)C2=CCCCC2=N1. The Hall–Kier alpha value is -0.920. The van der Waals surface area contributed by atoms with Gasteiger partial charge in [0.15, 0.2) is 0 Å². The quantitative estimate of drug-likeness (QED) is 0.522. The summed E-state index contributed by atoms with van der Waals surface area (Å²) in [5.41, 5.74) is 2.65. The zero-order valence-corrected chi connectivity index (χ0v) is 7.67. The fourth-order valence-corrected chi connectivity index (χ4v) is 1.90. The molecule has 64 valence electrons. The molecule has 0 saturated heterocycles. The van der Waals surface area contributed by atoms with Crippen molar-refractivity contribution in [1.82, 2.24) is 0 Å². The Labute approximate surface area is 73.1 Å². The van der Waals surface area contributed by atoms with Crippen LogP contribution in [0.2, 0.25) is 0 Å². The summed E-state index contributed by atoms with van der Waals surface area (Å²) in [5, 5.41) is 0. The Morgan fingerprint density at radius 2 is 2.33 bits per heavy atom. The lowest BCUT2D eigenvalue weighted by atomic mass is 9.92.